The number of ether oxygens (including phenoxy) is 1. The molecule has 172 valence electrons. The van der Waals surface area contributed by atoms with Crippen LogP contribution >= 0.6 is 0 Å². The molecular weight excluding hydrogens is 426 g/mol. The van der Waals surface area contributed by atoms with Crippen molar-refractivity contribution in [3.8, 4) is 17.0 Å². The summed E-state index contributed by atoms with van der Waals surface area (Å²) in [5.41, 5.74) is 3.64. The van der Waals surface area contributed by atoms with Crippen LogP contribution in [0.4, 0.5) is 16.3 Å². The molecule has 0 radical (unpaired) electrons. The van der Waals surface area contributed by atoms with Crippen molar-refractivity contribution in [2.45, 2.75) is 6.92 Å². The average molecular weight is 454 g/mol. The second-order valence-electron chi connectivity index (χ2n) is 8.45. The summed E-state index contributed by atoms with van der Waals surface area (Å²) in [7, 11) is 1.60. The van der Waals surface area contributed by atoms with Gasteiger partial charge in [-0.05, 0) is 53.6 Å². The first-order chi connectivity index (χ1) is 16.6. The van der Waals surface area contributed by atoms with Gasteiger partial charge >= 0.3 is 6.03 Å². The summed E-state index contributed by atoms with van der Waals surface area (Å²) in [5.74, 6) is 1.48. The molecule has 2 heterocycles. The molecule has 1 aliphatic rings. The highest BCUT2D eigenvalue weighted by molar-refractivity contribution is 5.91. The molecule has 1 aromatic heterocycles. The quantitative estimate of drug-likeness (QED) is 0.473. The number of amides is 2. The highest BCUT2D eigenvalue weighted by Crippen LogP contribution is 2.26. The minimum Gasteiger partial charge on any atom is -0.495 e. The lowest BCUT2D eigenvalue weighted by Gasteiger charge is -2.35. The Hall–Kier alpha value is -4.13. The number of rotatable bonds is 4. The topological polar surface area (TPSA) is 70.6 Å². The van der Waals surface area contributed by atoms with Crippen LogP contribution in [-0.2, 0) is 0 Å². The number of carbonyl (C=O) groups is 1. The molecule has 0 aliphatic carbocycles. The molecule has 7 heteroatoms. The Morgan fingerprint density at radius 3 is 2.41 bits per heavy atom. The van der Waals surface area contributed by atoms with Crippen molar-refractivity contribution < 1.29 is 9.53 Å². The van der Waals surface area contributed by atoms with Gasteiger partial charge in [0.15, 0.2) is 5.82 Å². The van der Waals surface area contributed by atoms with Crippen LogP contribution in [0.15, 0.2) is 72.8 Å². The Balaban J connectivity index is 1.21. The van der Waals surface area contributed by atoms with Crippen LogP contribution < -0.4 is 15.0 Å². The lowest BCUT2D eigenvalue weighted by atomic mass is 10.1. The minimum atomic E-state index is -0.124. The van der Waals surface area contributed by atoms with E-state index in [0.29, 0.717) is 37.6 Å². The van der Waals surface area contributed by atoms with Gasteiger partial charge in [0, 0.05) is 31.7 Å². The van der Waals surface area contributed by atoms with Gasteiger partial charge in [-0.1, -0.05) is 42.5 Å². The molecule has 3 aromatic carbocycles. The zero-order valence-electron chi connectivity index (χ0n) is 19.4. The Bertz CT molecular complexity index is 1310. The number of nitrogens with zero attached hydrogens (tertiary/aromatic N) is 4. The van der Waals surface area contributed by atoms with Crippen LogP contribution in [0.2, 0.25) is 0 Å². The van der Waals surface area contributed by atoms with E-state index in [0.717, 1.165) is 22.6 Å². The van der Waals surface area contributed by atoms with Crippen LogP contribution in [0.1, 0.15) is 5.56 Å². The van der Waals surface area contributed by atoms with E-state index in [-0.39, 0.29) is 6.03 Å². The van der Waals surface area contributed by atoms with E-state index in [2.05, 4.69) is 50.7 Å². The Morgan fingerprint density at radius 1 is 0.882 bits per heavy atom. The van der Waals surface area contributed by atoms with Gasteiger partial charge in [-0.3, -0.25) is 0 Å². The van der Waals surface area contributed by atoms with E-state index >= 15 is 0 Å². The molecule has 0 atom stereocenters. The van der Waals surface area contributed by atoms with Crippen molar-refractivity contribution in [3.05, 3.63) is 78.4 Å². The van der Waals surface area contributed by atoms with Crippen molar-refractivity contribution in [2.24, 2.45) is 0 Å². The SMILES string of the molecule is COc1ccc(C)cc1NC(=O)N1CCN(c2ccc(-c3ccc4ccccc4c3)nn2)CC1. The monoisotopic (exact) mass is 453 g/mol. The number of hydrogen-bond acceptors (Lipinski definition) is 5. The lowest BCUT2D eigenvalue weighted by Crippen LogP contribution is -2.50. The van der Waals surface area contributed by atoms with E-state index in [1.54, 1.807) is 7.11 Å². The van der Waals surface area contributed by atoms with Crippen molar-refractivity contribution in [1.29, 1.82) is 0 Å². The number of aryl methyl sites for hydroxylation is 1. The highest BCUT2D eigenvalue weighted by Gasteiger charge is 2.23. The second-order valence-corrected chi connectivity index (χ2v) is 8.45. The normalized spacial score (nSPS) is 13.7. The van der Waals surface area contributed by atoms with E-state index in [4.69, 9.17) is 4.74 Å². The van der Waals surface area contributed by atoms with Gasteiger partial charge in [0.1, 0.15) is 5.75 Å². The zero-order valence-corrected chi connectivity index (χ0v) is 19.4. The fourth-order valence-corrected chi connectivity index (χ4v) is 4.25. The molecule has 2 amide bonds. The fourth-order valence-electron chi connectivity index (χ4n) is 4.25. The van der Waals surface area contributed by atoms with Crippen molar-refractivity contribution >= 4 is 28.3 Å². The number of carbonyl (C=O) groups excluding carboxylic acids is 1. The first kappa shape index (κ1) is 21.7. The molecule has 7 nitrogen and oxygen atoms in total. The molecule has 1 aliphatic heterocycles. The summed E-state index contributed by atoms with van der Waals surface area (Å²) < 4.78 is 5.37. The van der Waals surface area contributed by atoms with Gasteiger partial charge in [-0.2, -0.15) is 0 Å². The minimum absolute atomic E-state index is 0.124. The maximum Gasteiger partial charge on any atom is 0.322 e. The summed E-state index contributed by atoms with van der Waals surface area (Å²) in [6.07, 6.45) is 0. The predicted octanol–water partition coefficient (Wildman–Crippen LogP) is 4.97. The van der Waals surface area contributed by atoms with Crippen molar-refractivity contribution in [1.82, 2.24) is 15.1 Å². The predicted molar refractivity (Wildman–Crippen MR) is 136 cm³/mol. The molecule has 1 fully saturated rings. The number of methoxy groups -OCH3 is 1. The highest BCUT2D eigenvalue weighted by atomic mass is 16.5. The van der Waals surface area contributed by atoms with E-state index in [1.807, 2.05) is 54.3 Å². The Labute approximate surface area is 199 Å². The number of aromatic nitrogens is 2. The molecule has 0 saturated carbocycles. The standard InChI is InChI=1S/C27H27N5O2/c1-19-7-11-25(34-2)24(17-19)28-27(33)32-15-13-31(14-16-32)26-12-10-23(29-30-26)22-9-8-20-5-3-4-6-21(20)18-22/h3-12,17-18H,13-16H2,1-2H3,(H,28,33). The first-order valence-corrected chi connectivity index (χ1v) is 11.4. The number of hydrogen-bond donors (Lipinski definition) is 1. The number of anilines is 2. The van der Waals surface area contributed by atoms with Crippen LogP contribution in [0.3, 0.4) is 0 Å². The van der Waals surface area contributed by atoms with Gasteiger partial charge < -0.3 is 19.9 Å². The first-order valence-electron chi connectivity index (χ1n) is 11.4. The van der Waals surface area contributed by atoms with Crippen molar-refractivity contribution in [3.63, 3.8) is 0 Å². The second kappa shape index (κ2) is 9.39. The molecule has 1 saturated heterocycles. The molecule has 5 rings (SSSR count). The van der Waals surface area contributed by atoms with Gasteiger partial charge in [0.25, 0.3) is 0 Å². The van der Waals surface area contributed by atoms with Gasteiger partial charge in [0.2, 0.25) is 0 Å². The Kier molecular flexibility index (Phi) is 5.99. The average Bonchev–Trinajstić information content (AvgIpc) is 2.89. The van der Waals surface area contributed by atoms with E-state index in [9.17, 15) is 4.79 Å². The van der Waals surface area contributed by atoms with E-state index < -0.39 is 0 Å². The largest absolute Gasteiger partial charge is 0.495 e. The molecular formula is C27H27N5O2. The summed E-state index contributed by atoms with van der Waals surface area (Å²) in [4.78, 5) is 16.8. The molecule has 1 N–H and O–H groups in total. The fraction of sp³-hybridized carbons (Fsp3) is 0.222. The Morgan fingerprint density at radius 2 is 1.68 bits per heavy atom. The molecule has 4 aromatic rings. The third-order valence-corrected chi connectivity index (χ3v) is 6.18. The maximum absolute atomic E-state index is 12.8. The smallest absolute Gasteiger partial charge is 0.322 e. The third-order valence-electron chi connectivity index (χ3n) is 6.18. The van der Waals surface area contributed by atoms with Crippen LogP contribution in [-0.4, -0.2) is 54.4 Å². The molecule has 0 spiro atoms. The number of fused-ring (bicyclic) bond motifs is 1. The summed E-state index contributed by atoms with van der Waals surface area (Å²) in [6, 6.07) is 24.2. The molecule has 0 unspecified atom stereocenters. The van der Waals surface area contributed by atoms with Crippen LogP contribution in [0.25, 0.3) is 22.0 Å². The van der Waals surface area contributed by atoms with Crippen LogP contribution in [0, 0.1) is 6.92 Å². The summed E-state index contributed by atoms with van der Waals surface area (Å²) in [6.45, 7) is 4.59. The van der Waals surface area contributed by atoms with Crippen LogP contribution in [0.5, 0.6) is 5.75 Å². The van der Waals surface area contributed by atoms with Gasteiger partial charge in [-0.15, -0.1) is 10.2 Å². The lowest BCUT2D eigenvalue weighted by molar-refractivity contribution is 0.208. The molecule has 34 heavy (non-hydrogen) atoms. The number of urea groups is 1. The third kappa shape index (κ3) is 4.50. The number of nitrogens with one attached hydrogen (secondary N) is 1. The summed E-state index contributed by atoms with van der Waals surface area (Å²) >= 11 is 0. The zero-order chi connectivity index (χ0) is 23.5. The summed E-state index contributed by atoms with van der Waals surface area (Å²) in [5, 5.41) is 14.3. The van der Waals surface area contributed by atoms with Gasteiger partial charge in [0.05, 0.1) is 18.5 Å². The maximum atomic E-state index is 12.8. The van der Waals surface area contributed by atoms with Gasteiger partial charge in [-0.25, -0.2) is 4.79 Å². The molecule has 0 bridgehead atoms. The number of piperazine rings is 1. The van der Waals surface area contributed by atoms with Crippen molar-refractivity contribution in [2.75, 3.05) is 43.5 Å². The number of benzene rings is 3. The van der Waals surface area contributed by atoms with E-state index in [1.165, 1.54) is 10.8 Å².